The van der Waals surface area contributed by atoms with E-state index >= 15 is 0 Å². The molecule has 2 rings (SSSR count). The van der Waals surface area contributed by atoms with Crippen LogP contribution in [0.4, 0.5) is 0 Å². The maximum atomic E-state index is 12.1. The molecule has 1 unspecified atom stereocenters. The van der Waals surface area contributed by atoms with Gasteiger partial charge in [0, 0.05) is 18.8 Å². The van der Waals surface area contributed by atoms with Gasteiger partial charge in [0.15, 0.2) is 0 Å². The minimum Gasteiger partial charge on any atom is -0.388 e. The largest absolute Gasteiger partial charge is 0.388 e. The molecule has 1 heterocycles. The Morgan fingerprint density at radius 1 is 1.67 bits per heavy atom. The predicted molar refractivity (Wildman–Crippen MR) is 71.0 cm³/mol. The molecule has 1 aliphatic carbocycles. The fraction of sp³-hybridized carbons (Fsp3) is 0.615. The molecule has 4 nitrogen and oxygen atoms in total. The van der Waals surface area contributed by atoms with Crippen LogP contribution in [0.3, 0.4) is 0 Å². The molecule has 0 radical (unpaired) electrons. The summed E-state index contributed by atoms with van der Waals surface area (Å²) < 4.78 is 1.93. The lowest BCUT2D eigenvalue weighted by Gasteiger charge is -2.21. The molecule has 18 heavy (non-hydrogen) atoms. The molecule has 5 heteroatoms. The highest BCUT2D eigenvalue weighted by Crippen LogP contribution is 2.37. The summed E-state index contributed by atoms with van der Waals surface area (Å²) in [6.07, 6.45) is 4.58. The van der Waals surface area contributed by atoms with E-state index in [4.69, 9.17) is 11.6 Å². The number of rotatable bonds is 5. The second kappa shape index (κ2) is 4.94. The Morgan fingerprint density at radius 2 is 2.33 bits per heavy atom. The normalized spacial score (nSPS) is 18.4. The number of halogens is 1. The average molecular weight is 271 g/mol. The number of carbonyl (C=O) groups excluding carboxylic acids is 1. The summed E-state index contributed by atoms with van der Waals surface area (Å²) >= 11 is 5.95. The van der Waals surface area contributed by atoms with Crippen molar-refractivity contribution < 1.29 is 9.90 Å². The van der Waals surface area contributed by atoms with E-state index in [1.165, 1.54) is 0 Å². The van der Waals surface area contributed by atoms with Crippen molar-refractivity contribution in [1.82, 2.24) is 9.88 Å². The molecule has 1 aromatic rings. The third-order valence-electron chi connectivity index (χ3n) is 3.38. The van der Waals surface area contributed by atoms with Gasteiger partial charge in [0.1, 0.15) is 5.69 Å². The van der Waals surface area contributed by atoms with Crippen molar-refractivity contribution in [3.05, 3.63) is 23.0 Å². The van der Waals surface area contributed by atoms with Crippen molar-refractivity contribution in [2.24, 2.45) is 0 Å². The van der Waals surface area contributed by atoms with E-state index in [0.717, 1.165) is 12.8 Å². The number of nitrogens with one attached hydrogen (secondary N) is 1. The summed E-state index contributed by atoms with van der Waals surface area (Å²) in [6, 6.07) is 2.08. The van der Waals surface area contributed by atoms with Gasteiger partial charge in [-0.05, 0) is 32.3 Å². The number of aromatic nitrogens is 1. The number of nitrogens with zero attached hydrogens (tertiary/aromatic N) is 1. The average Bonchev–Trinajstić information content (AvgIpc) is 3.09. The highest BCUT2D eigenvalue weighted by molar-refractivity contribution is 6.31. The molecule has 0 spiro atoms. The molecule has 1 atom stereocenters. The maximum absolute atomic E-state index is 12.1. The third kappa shape index (κ3) is 3.06. The van der Waals surface area contributed by atoms with Crippen LogP contribution in [0.1, 0.15) is 49.6 Å². The zero-order valence-corrected chi connectivity index (χ0v) is 11.5. The lowest BCUT2D eigenvalue weighted by molar-refractivity contribution is 0.0516. The summed E-state index contributed by atoms with van der Waals surface area (Å²) in [6.45, 7) is 3.84. The van der Waals surface area contributed by atoms with Crippen LogP contribution in [-0.4, -0.2) is 27.7 Å². The van der Waals surface area contributed by atoms with Gasteiger partial charge in [-0.1, -0.05) is 18.5 Å². The van der Waals surface area contributed by atoms with E-state index in [9.17, 15) is 9.90 Å². The number of amides is 1. The van der Waals surface area contributed by atoms with Gasteiger partial charge in [0.05, 0.1) is 10.6 Å². The molecular formula is C13H19ClN2O2. The van der Waals surface area contributed by atoms with Gasteiger partial charge in [0.25, 0.3) is 5.91 Å². The Morgan fingerprint density at radius 3 is 2.89 bits per heavy atom. The highest BCUT2D eigenvalue weighted by Gasteiger charge is 2.28. The Kier molecular flexibility index (Phi) is 3.69. The quantitative estimate of drug-likeness (QED) is 0.863. The van der Waals surface area contributed by atoms with E-state index < -0.39 is 5.60 Å². The standard InChI is InChI=1S/C13H19ClN2O2/c1-3-13(2,18)8-15-12(17)11-6-9(14)7-16(11)10-4-5-10/h6-7,10,18H,3-5,8H2,1-2H3,(H,15,17). The maximum Gasteiger partial charge on any atom is 0.268 e. The van der Waals surface area contributed by atoms with Crippen LogP contribution in [0, 0.1) is 0 Å². The fourth-order valence-electron chi connectivity index (χ4n) is 1.77. The predicted octanol–water partition coefficient (Wildman–Crippen LogP) is 2.37. The van der Waals surface area contributed by atoms with Crippen molar-refractivity contribution >= 4 is 17.5 Å². The Balaban J connectivity index is 2.04. The number of hydrogen-bond donors (Lipinski definition) is 2. The van der Waals surface area contributed by atoms with E-state index in [0.29, 0.717) is 23.2 Å². The summed E-state index contributed by atoms with van der Waals surface area (Å²) in [4.78, 5) is 12.1. The smallest absolute Gasteiger partial charge is 0.268 e. The summed E-state index contributed by atoms with van der Waals surface area (Å²) in [7, 11) is 0. The van der Waals surface area contributed by atoms with Crippen LogP contribution in [0.2, 0.25) is 5.02 Å². The SMILES string of the molecule is CCC(C)(O)CNC(=O)c1cc(Cl)cn1C1CC1. The third-order valence-corrected chi connectivity index (χ3v) is 3.59. The molecule has 1 aromatic heterocycles. The van der Waals surface area contributed by atoms with Crippen molar-refractivity contribution in [2.45, 2.75) is 44.8 Å². The Hall–Kier alpha value is -1.00. The number of carbonyl (C=O) groups is 1. The lowest BCUT2D eigenvalue weighted by Crippen LogP contribution is -2.40. The molecule has 0 bridgehead atoms. The molecule has 1 amide bonds. The first-order chi connectivity index (χ1) is 8.43. The number of aliphatic hydroxyl groups is 1. The second-order valence-corrected chi connectivity index (χ2v) is 5.65. The monoisotopic (exact) mass is 270 g/mol. The summed E-state index contributed by atoms with van der Waals surface area (Å²) in [5.41, 5.74) is -0.286. The Labute approximate surface area is 112 Å². The topological polar surface area (TPSA) is 54.3 Å². The van der Waals surface area contributed by atoms with Gasteiger partial charge in [0.2, 0.25) is 0 Å². The summed E-state index contributed by atoms with van der Waals surface area (Å²) in [5, 5.41) is 13.2. The van der Waals surface area contributed by atoms with Crippen LogP contribution in [0.25, 0.3) is 0 Å². The summed E-state index contributed by atoms with van der Waals surface area (Å²) in [5.74, 6) is -0.178. The van der Waals surface area contributed by atoms with Crippen LogP contribution in [0.15, 0.2) is 12.3 Å². The van der Waals surface area contributed by atoms with Gasteiger partial charge in [-0.25, -0.2) is 0 Å². The van der Waals surface area contributed by atoms with Crippen molar-refractivity contribution in [3.63, 3.8) is 0 Å². The zero-order chi connectivity index (χ0) is 13.3. The molecule has 0 aromatic carbocycles. The van der Waals surface area contributed by atoms with Gasteiger partial charge in [-0.3, -0.25) is 4.79 Å². The van der Waals surface area contributed by atoms with Gasteiger partial charge in [-0.2, -0.15) is 0 Å². The highest BCUT2D eigenvalue weighted by atomic mass is 35.5. The molecular weight excluding hydrogens is 252 g/mol. The van der Waals surface area contributed by atoms with Gasteiger partial charge < -0.3 is 15.0 Å². The first-order valence-electron chi connectivity index (χ1n) is 6.31. The van der Waals surface area contributed by atoms with E-state index in [-0.39, 0.29) is 12.5 Å². The number of hydrogen-bond acceptors (Lipinski definition) is 2. The van der Waals surface area contributed by atoms with Crippen LogP contribution < -0.4 is 5.32 Å². The second-order valence-electron chi connectivity index (χ2n) is 5.22. The molecule has 100 valence electrons. The fourth-order valence-corrected chi connectivity index (χ4v) is 1.98. The van der Waals surface area contributed by atoms with E-state index in [2.05, 4.69) is 5.32 Å². The van der Waals surface area contributed by atoms with Crippen molar-refractivity contribution in [1.29, 1.82) is 0 Å². The van der Waals surface area contributed by atoms with E-state index in [1.54, 1.807) is 19.2 Å². The van der Waals surface area contributed by atoms with Crippen LogP contribution in [-0.2, 0) is 0 Å². The molecule has 1 aliphatic rings. The van der Waals surface area contributed by atoms with Crippen LogP contribution in [0.5, 0.6) is 0 Å². The molecule has 0 saturated heterocycles. The van der Waals surface area contributed by atoms with Crippen LogP contribution >= 0.6 is 11.6 Å². The minimum atomic E-state index is -0.865. The van der Waals surface area contributed by atoms with E-state index in [1.807, 2.05) is 11.5 Å². The Bertz CT molecular complexity index is 450. The molecule has 1 saturated carbocycles. The van der Waals surface area contributed by atoms with Crippen molar-refractivity contribution in [2.75, 3.05) is 6.54 Å². The first kappa shape index (κ1) is 13.4. The van der Waals surface area contributed by atoms with Gasteiger partial charge >= 0.3 is 0 Å². The molecule has 2 N–H and O–H groups in total. The van der Waals surface area contributed by atoms with Gasteiger partial charge in [-0.15, -0.1) is 0 Å². The zero-order valence-electron chi connectivity index (χ0n) is 10.7. The molecule has 0 aliphatic heterocycles. The first-order valence-corrected chi connectivity index (χ1v) is 6.68. The van der Waals surface area contributed by atoms with Crippen molar-refractivity contribution in [3.8, 4) is 0 Å². The minimum absolute atomic E-state index is 0.178. The molecule has 1 fully saturated rings. The lowest BCUT2D eigenvalue weighted by atomic mass is 10.0.